The average Bonchev–Trinajstić information content (AvgIpc) is 2.85. The molecule has 1 atom stereocenters. The van der Waals surface area contributed by atoms with Gasteiger partial charge in [0, 0.05) is 12.5 Å². The predicted molar refractivity (Wildman–Crippen MR) is 59.5 cm³/mol. The van der Waals surface area contributed by atoms with Gasteiger partial charge >= 0.3 is 5.97 Å². The van der Waals surface area contributed by atoms with Crippen molar-refractivity contribution in [1.82, 2.24) is 0 Å². The third-order valence-electron chi connectivity index (χ3n) is 2.54. The van der Waals surface area contributed by atoms with Crippen LogP contribution in [0, 0.1) is 6.92 Å². The molecular formula is C10H13NO6S. The maximum atomic E-state index is 11.7. The molecule has 1 aromatic heterocycles. The molecule has 0 bridgehead atoms. The van der Waals surface area contributed by atoms with Crippen LogP contribution in [-0.2, 0) is 19.5 Å². The molecule has 2 rings (SSSR count). The molecule has 2 N–H and O–H groups in total. The molecule has 0 spiro atoms. The standard InChI is InChI=1S/C10H13NO6S/c1-6-9(18(11,13)14)4-8(16-6)10(12)17-7-2-3-15-5-7/h4,7H,2-3,5H2,1H3,(H2,11,13,14). The van der Waals surface area contributed by atoms with Crippen molar-refractivity contribution < 1.29 is 27.1 Å². The molecule has 1 unspecified atom stereocenters. The van der Waals surface area contributed by atoms with Crippen LogP contribution in [0.1, 0.15) is 22.7 Å². The predicted octanol–water partition coefficient (Wildman–Crippen LogP) is 0.181. The van der Waals surface area contributed by atoms with Crippen LogP contribution in [0.25, 0.3) is 0 Å². The highest BCUT2D eigenvalue weighted by Gasteiger charge is 2.25. The normalized spacial score (nSPS) is 20.0. The number of hydrogen-bond donors (Lipinski definition) is 1. The summed E-state index contributed by atoms with van der Waals surface area (Å²) in [5.74, 6) is -0.834. The minimum absolute atomic E-state index is 0.0621. The summed E-state index contributed by atoms with van der Waals surface area (Å²) in [6.45, 7) is 2.29. The van der Waals surface area contributed by atoms with E-state index in [1.165, 1.54) is 6.92 Å². The minimum atomic E-state index is -3.90. The molecule has 7 nitrogen and oxygen atoms in total. The number of ether oxygens (including phenoxy) is 2. The molecule has 0 radical (unpaired) electrons. The summed E-state index contributed by atoms with van der Waals surface area (Å²) in [6, 6.07) is 1.07. The first-order valence-corrected chi connectivity index (χ1v) is 6.84. The van der Waals surface area contributed by atoms with Gasteiger partial charge in [0.2, 0.25) is 15.8 Å². The molecule has 18 heavy (non-hydrogen) atoms. The average molecular weight is 275 g/mol. The van der Waals surface area contributed by atoms with Gasteiger partial charge in [-0.05, 0) is 6.92 Å². The number of sulfonamides is 1. The smallest absolute Gasteiger partial charge is 0.374 e. The van der Waals surface area contributed by atoms with Gasteiger partial charge in [0.15, 0.2) is 0 Å². The van der Waals surface area contributed by atoms with Crippen LogP contribution in [0.4, 0.5) is 0 Å². The molecule has 0 aliphatic carbocycles. The van der Waals surface area contributed by atoms with E-state index in [1.807, 2.05) is 0 Å². The number of furan rings is 1. The topological polar surface area (TPSA) is 109 Å². The monoisotopic (exact) mass is 275 g/mol. The number of aryl methyl sites for hydroxylation is 1. The van der Waals surface area contributed by atoms with Crippen LogP contribution in [0.2, 0.25) is 0 Å². The van der Waals surface area contributed by atoms with Crippen LogP contribution < -0.4 is 5.14 Å². The zero-order valence-electron chi connectivity index (χ0n) is 9.71. The SMILES string of the molecule is Cc1oc(C(=O)OC2CCOC2)cc1S(N)(=O)=O. The van der Waals surface area contributed by atoms with Crippen molar-refractivity contribution in [3.8, 4) is 0 Å². The lowest BCUT2D eigenvalue weighted by atomic mass is 10.3. The van der Waals surface area contributed by atoms with E-state index in [9.17, 15) is 13.2 Å². The summed E-state index contributed by atoms with van der Waals surface area (Å²) >= 11 is 0. The van der Waals surface area contributed by atoms with E-state index in [0.717, 1.165) is 6.07 Å². The molecule has 2 heterocycles. The van der Waals surface area contributed by atoms with Crippen LogP contribution in [0.3, 0.4) is 0 Å². The van der Waals surface area contributed by atoms with Crippen LogP contribution in [0.15, 0.2) is 15.4 Å². The highest BCUT2D eigenvalue weighted by molar-refractivity contribution is 7.89. The van der Waals surface area contributed by atoms with E-state index < -0.39 is 16.0 Å². The fourth-order valence-corrected chi connectivity index (χ4v) is 2.38. The van der Waals surface area contributed by atoms with Crippen LogP contribution in [0.5, 0.6) is 0 Å². The molecule has 0 saturated carbocycles. The number of rotatable bonds is 3. The minimum Gasteiger partial charge on any atom is -0.454 e. The lowest BCUT2D eigenvalue weighted by Crippen LogP contribution is -2.17. The number of carbonyl (C=O) groups excluding carboxylic acids is 1. The number of esters is 1. The summed E-state index contributed by atoms with van der Waals surface area (Å²) in [4.78, 5) is 11.5. The third kappa shape index (κ3) is 2.71. The lowest BCUT2D eigenvalue weighted by Gasteiger charge is -2.07. The van der Waals surface area contributed by atoms with Crippen LogP contribution >= 0.6 is 0 Å². The van der Waals surface area contributed by atoms with Crippen molar-refractivity contribution >= 4 is 16.0 Å². The van der Waals surface area contributed by atoms with Gasteiger partial charge in [0.1, 0.15) is 16.8 Å². The molecule has 1 aliphatic heterocycles. The molecule has 1 aliphatic rings. The zero-order valence-corrected chi connectivity index (χ0v) is 10.5. The second-order valence-corrected chi connectivity index (χ2v) is 5.50. The van der Waals surface area contributed by atoms with Gasteiger partial charge in [-0.2, -0.15) is 0 Å². The quantitative estimate of drug-likeness (QED) is 0.788. The van der Waals surface area contributed by atoms with Gasteiger partial charge < -0.3 is 13.9 Å². The van der Waals surface area contributed by atoms with E-state index in [2.05, 4.69) is 0 Å². The number of primary sulfonamides is 1. The number of nitrogens with two attached hydrogens (primary N) is 1. The van der Waals surface area contributed by atoms with Gasteiger partial charge in [0.05, 0.1) is 13.2 Å². The summed E-state index contributed by atoms with van der Waals surface area (Å²) in [7, 11) is -3.90. The van der Waals surface area contributed by atoms with Gasteiger partial charge in [-0.25, -0.2) is 18.4 Å². The largest absolute Gasteiger partial charge is 0.454 e. The van der Waals surface area contributed by atoms with E-state index in [-0.39, 0.29) is 22.5 Å². The van der Waals surface area contributed by atoms with Crippen molar-refractivity contribution in [2.45, 2.75) is 24.3 Å². The number of carbonyl (C=O) groups is 1. The van der Waals surface area contributed by atoms with Gasteiger partial charge in [0.25, 0.3) is 0 Å². The van der Waals surface area contributed by atoms with Crippen molar-refractivity contribution in [2.75, 3.05) is 13.2 Å². The fraction of sp³-hybridized carbons (Fsp3) is 0.500. The Balaban J connectivity index is 2.16. The van der Waals surface area contributed by atoms with Gasteiger partial charge in [-0.1, -0.05) is 0 Å². The molecular weight excluding hydrogens is 262 g/mol. The maximum absolute atomic E-state index is 11.7. The Kier molecular flexibility index (Phi) is 3.42. The van der Waals surface area contributed by atoms with E-state index in [4.69, 9.17) is 19.0 Å². The molecule has 1 saturated heterocycles. The van der Waals surface area contributed by atoms with Crippen molar-refractivity contribution in [3.63, 3.8) is 0 Å². The molecule has 1 fully saturated rings. The van der Waals surface area contributed by atoms with Crippen molar-refractivity contribution in [1.29, 1.82) is 0 Å². The lowest BCUT2D eigenvalue weighted by molar-refractivity contribution is 0.0235. The van der Waals surface area contributed by atoms with E-state index in [1.54, 1.807) is 0 Å². The Hall–Kier alpha value is -1.38. The Morgan fingerprint density at radius 3 is 2.78 bits per heavy atom. The molecule has 1 aromatic rings. The zero-order chi connectivity index (χ0) is 13.3. The Bertz CT molecular complexity index is 555. The highest BCUT2D eigenvalue weighted by atomic mass is 32.2. The second kappa shape index (κ2) is 4.71. The molecule has 0 aromatic carbocycles. The van der Waals surface area contributed by atoms with Gasteiger partial charge in [-0.3, -0.25) is 0 Å². The fourth-order valence-electron chi connectivity index (χ4n) is 1.66. The molecule has 8 heteroatoms. The van der Waals surface area contributed by atoms with Crippen molar-refractivity contribution in [2.24, 2.45) is 5.14 Å². The number of hydrogen-bond acceptors (Lipinski definition) is 6. The summed E-state index contributed by atoms with van der Waals surface area (Å²) in [6.07, 6.45) is 0.300. The molecule has 0 amide bonds. The first-order valence-electron chi connectivity index (χ1n) is 5.30. The summed E-state index contributed by atoms with van der Waals surface area (Å²) < 4.78 is 37.5. The first-order chi connectivity index (χ1) is 8.38. The highest BCUT2D eigenvalue weighted by Crippen LogP contribution is 2.20. The Labute approximate surface area is 104 Å². The first kappa shape index (κ1) is 13.1. The van der Waals surface area contributed by atoms with Gasteiger partial charge in [-0.15, -0.1) is 0 Å². The van der Waals surface area contributed by atoms with Crippen molar-refractivity contribution in [3.05, 3.63) is 17.6 Å². The maximum Gasteiger partial charge on any atom is 0.374 e. The Morgan fingerprint density at radius 2 is 2.28 bits per heavy atom. The second-order valence-electron chi connectivity index (χ2n) is 3.97. The Morgan fingerprint density at radius 1 is 1.56 bits per heavy atom. The summed E-state index contributed by atoms with van der Waals surface area (Å²) in [5.41, 5.74) is 0. The van der Waals surface area contributed by atoms with Crippen LogP contribution in [-0.4, -0.2) is 33.7 Å². The summed E-state index contributed by atoms with van der Waals surface area (Å²) in [5, 5.41) is 4.97. The van der Waals surface area contributed by atoms with E-state index >= 15 is 0 Å². The third-order valence-corrected chi connectivity index (χ3v) is 3.56. The molecule has 100 valence electrons. The van der Waals surface area contributed by atoms with E-state index in [0.29, 0.717) is 19.6 Å².